The Kier molecular flexibility index (Phi) is 5.59. The summed E-state index contributed by atoms with van der Waals surface area (Å²) in [5.41, 5.74) is 0. The first-order valence-corrected chi connectivity index (χ1v) is 3.50. The molecule has 0 radical (unpaired) electrons. The molecule has 10 heavy (non-hydrogen) atoms. The van der Waals surface area contributed by atoms with Crippen molar-refractivity contribution in [1.29, 1.82) is 0 Å². The van der Waals surface area contributed by atoms with E-state index in [-0.39, 0.29) is 29.6 Å². The second-order valence-corrected chi connectivity index (χ2v) is 3.17. The van der Waals surface area contributed by atoms with E-state index in [9.17, 15) is 17.8 Å². The third-order valence-electron chi connectivity index (χ3n) is 0.781. The summed E-state index contributed by atoms with van der Waals surface area (Å²) in [4.78, 5) is 9.77. The molecule has 0 fully saturated rings. The number of hydrogen-bond donors (Lipinski definition) is 1. The third-order valence-corrected chi connectivity index (χ3v) is 1.85. The molecule has 1 N–H and O–H groups in total. The smallest absolute Gasteiger partial charge is 0.747 e. The average molecular weight is 176 g/mol. The monoisotopic (exact) mass is 176 g/mol. The van der Waals surface area contributed by atoms with Crippen LogP contribution in [0.4, 0.5) is 0 Å². The molecule has 0 rings (SSSR count). The zero-order valence-corrected chi connectivity index (χ0v) is 8.38. The van der Waals surface area contributed by atoms with Crippen LogP contribution >= 0.6 is 0 Å². The Morgan fingerprint density at radius 2 is 1.90 bits per heavy atom. The largest absolute Gasteiger partial charge is 1.00 e. The molecule has 54 valence electrons. The first-order chi connectivity index (χ1) is 3.85. The third kappa shape index (κ3) is 4.24. The van der Waals surface area contributed by atoms with Crippen molar-refractivity contribution in [2.24, 2.45) is 0 Å². The Hall–Kier alpha value is 0.380. The maximum atomic E-state index is 9.84. The van der Waals surface area contributed by atoms with Gasteiger partial charge in [0.15, 0.2) is 0 Å². The first kappa shape index (κ1) is 13.0. The zero-order valence-electron chi connectivity index (χ0n) is 5.57. The molecule has 1 atom stereocenters. The van der Waals surface area contributed by atoms with Gasteiger partial charge in [0.2, 0.25) is 0 Å². The van der Waals surface area contributed by atoms with E-state index in [1.54, 1.807) is 0 Å². The van der Waals surface area contributed by atoms with Crippen molar-refractivity contribution in [3.8, 4) is 0 Å². The van der Waals surface area contributed by atoms with Gasteiger partial charge < -0.3 is 9.66 Å². The van der Waals surface area contributed by atoms with Crippen LogP contribution in [0.25, 0.3) is 0 Å². The molecule has 0 saturated carbocycles. The predicted molar refractivity (Wildman–Crippen MR) is 26.8 cm³/mol. The molecule has 0 aromatic heterocycles. The number of rotatable bonds is 2. The summed E-state index contributed by atoms with van der Waals surface area (Å²) in [6.07, 6.45) is 0. The average Bonchev–Trinajstić information content (AvgIpc) is 1.62. The van der Waals surface area contributed by atoms with Crippen LogP contribution in [0.15, 0.2) is 0 Å². The van der Waals surface area contributed by atoms with Gasteiger partial charge in [0.1, 0.15) is 15.4 Å². The SMILES string of the molecule is CC(C(=O)O)S(=O)(=O)[O-].[Na+]. The minimum absolute atomic E-state index is 0. The van der Waals surface area contributed by atoms with Crippen LogP contribution in [0.5, 0.6) is 0 Å². The second kappa shape index (κ2) is 4.30. The molecule has 0 bridgehead atoms. The normalized spacial score (nSPS) is 13.4. The van der Waals surface area contributed by atoms with Crippen molar-refractivity contribution in [1.82, 2.24) is 0 Å². The summed E-state index contributed by atoms with van der Waals surface area (Å²) in [5, 5.41) is 6.09. The Morgan fingerprint density at radius 1 is 1.60 bits per heavy atom. The van der Waals surface area contributed by atoms with Crippen LogP contribution in [0.1, 0.15) is 6.92 Å². The van der Waals surface area contributed by atoms with Crippen molar-refractivity contribution in [3.05, 3.63) is 0 Å². The second-order valence-electron chi connectivity index (χ2n) is 1.47. The Bertz CT molecular complexity index is 207. The van der Waals surface area contributed by atoms with Gasteiger partial charge in [0.25, 0.3) is 0 Å². The molecule has 0 aliphatic rings. The first-order valence-electron chi connectivity index (χ1n) is 2.03. The van der Waals surface area contributed by atoms with Crippen molar-refractivity contribution >= 4 is 16.1 Å². The summed E-state index contributed by atoms with van der Waals surface area (Å²) in [6, 6.07) is 0. The van der Waals surface area contributed by atoms with Crippen LogP contribution < -0.4 is 29.6 Å². The van der Waals surface area contributed by atoms with Crippen LogP contribution in [0.2, 0.25) is 0 Å². The number of hydrogen-bond acceptors (Lipinski definition) is 4. The maximum Gasteiger partial charge on any atom is 1.00 e. The van der Waals surface area contributed by atoms with E-state index in [2.05, 4.69) is 0 Å². The van der Waals surface area contributed by atoms with E-state index in [0.29, 0.717) is 0 Å². The zero-order chi connectivity index (χ0) is 7.65. The fraction of sp³-hybridized carbons (Fsp3) is 0.667. The van der Waals surface area contributed by atoms with Gasteiger partial charge in [0, 0.05) is 0 Å². The molecule has 0 aliphatic carbocycles. The van der Waals surface area contributed by atoms with Crippen LogP contribution in [0.3, 0.4) is 0 Å². The predicted octanol–water partition coefficient (Wildman–Crippen LogP) is -3.99. The minimum Gasteiger partial charge on any atom is -0.747 e. The fourth-order valence-corrected chi connectivity index (χ4v) is 0.370. The van der Waals surface area contributed by atoms with E-state index in [4.69, 9.17) is 5.11 Å². The van der Waals surface area contributed by atoms with Gasteiger partial charge in [-0.2, -0.15) is 0 Å². The molecular formula is C3H5NaO5S. The van der Waals surface area contributed by atoms with Crippen LogP contribution in [0, 0.1) is 0 Å². The molecular weight excluding hydrogens is 171 g/mol. The van der Waals surface area contributed by atoms with Gasteiger partial charge in [-0.25, -0.2) is 8.42 Å². The van der Waals surface area contributed by atoms with Crippen molar-refractivity contribution in [2.45, 2.75) is 12.2 Å². The molecule has 0 aromatic rings. The van der Waals surface area contributed by atoms with Gasteiger partial charge in [-0.05, 0) is 6.92 Å². The summed E-state index contributed by atoms with van der Waals surface area (Å²) in [5.74, 6) is -1.62. The molecule has 0 heterocycles. The van der Waals surface area contributed by atoms with Crippen LogP contribution in [-0.4, -0.2) is 29.3 Å². The summed E-state index contributed by atoms with van der Waals surface area (Å²) in [7, 11) is -4.65. The number of carboxylic acids is 1. The number of carbonyl (C=O) groups is 1. The van der Waals surface area contributed by atoms with Gasteiger partial charge in [-0.15, -0.1) is 0 Å². The van der Waals surface area contributed by atoms with E-state index in [1.165, 1.54) is 0 Å². The standard InChI is InChI=1S/C3H6O5S.Na/c1-2(3(4)5)9(6,7)8;/h2H,1H3,(H,4,5)(H,6,7,8);/q;+1/p-1. The molecule has 1 unspecified atom stereocenters. The summed E-state index contributed by atoms with van der Waals surface area (Å²) >= 11 is 0. The van der Waals surface area contributed by atoms with E-state index >= 15 is 0 Å². The molecule has 5 nitrogen and oxygen atoms in total. The van der Waals surface area contributed by atoms with E-state index in [1.807, 2.05) is 0 Å². The van der Waals surface area contributed by atoms with E-state index in [0.717, 1.165) is 6.92 Å². The summed E-state index contributed by atoms with van der Waals surface area (Å²) in [6.45, 7) is 0.824. The van der Waals surface area contributed by atoms with E-state index < -0.39 is 21.3 Å². The van der Waals surface area contributed by atoms with Crippen molar-refractivity contribution in [2.75, 3.05) is 0 Å². The van der Waals surface area contributed by atoms with Crippen molar-refractivity contribution < 1.29 is 52.4 Å². The Morgan fingerprint density at radius 3 is 1.90 bits per heavy atom. The number of aliphatic carboxylic acids is 1. The quantitative estimate of drug-likeness (QED) is 0.342. The summed E-state index contributed by atoms with van der Waals surface area (Å²) < 4.78 is 29.5. The minimum atomic E-state index is -4.65. The topological polar surface area (TPSA) is 94.5 Å². The van der Waals surface area contributed by atoms with Gasteiger partial charge >= 0.3 is 35.5 Å². The molecule has 7 heteroatoms. The maximum absolute atomic E-state index is 9.84. The van der Waals surface area contributed by atoms with Gasteiger partial charge in [-0.3, -0.25) is 4.79 Å². The Balaban J connectivity index is 0. The van der Waals surface area contributed by atoms with Gasteiger partial charge in [-0.1, -0.05) is 0 Å². The van der Waals surface area contributed by atoms with Crippen molar-refractivity contribution in [3.63, 3.8) is 0 Å². The molecule has 0 spiro atoms. The fourth-order valence-electron chi connectivity index (χ4n) is 0.123. The Labute approximate surface area is 80.5 Å². The molecule has 0 aliphatic heterocycles. The molecule has 0 aromatic carbocycles. The molecule has 0 amide bonds. The van der Waals surface area contributed by atoms with Crippen LogP contribution in [-0.2, 0) is 14.9 Å². The van der Waals surface area contributed by atoms with Gasteiger partial charge in [0.05, 0.1) is 0 Å². The molecule has 0 saturated heterocycles. The number of carboxylic acid groups (broad SMARTS) is 1.